The largest absolute Gasteiger partial charge is 0.373 e. The molecule has 0 fully saturated rings. The topological polar surface area (TPSA) is 12.0 Å². The smallest absolute Gasteiger partial charge is 0.0860 e. The first kappa shape index (κ1) is 10.8. The summed E-state index contributed by atoms with van der Waals surface area (Å²) in [6.45, 7) is 0. The zero-order valence-electron chi connectivity index (χ0n) is 11.4. The molecular weight excluding hydrogens is 250 g/mol. The second kappa shape index (κ2) is 5.72. The molecule has 1 aromatic heterocycles. The molecule has 0 saturated heterocycles. The quantitative estimate of drug-likeness (QED) is 0.704. The highest BCUT2D eigenvalue weighted by molar-refractivity contribution is 7.10. The zero-order valence-corrected chi connectivity index (χ0v) is 11.2. The first-order valence-corrected chi connectivity index (χ1v) is 7.10. The van der Waals surface area contributed by atoms with E-state index in [4.69, 9.17) is 1.37 Å². The Bertz CT molecular complexity index is 652. The van der Waals surface area contributed by atoms with Crippen LogP contribution >= 0.6 is 11.3 Å². The monoisotopic (exact) mass is 266 g/mol. The number of anilines is 1. The third-order valence-corrected chi connectivity index (χ3v) is 3.76. The van der Waals surface area contributed by atoms with Crippen molar-refractivity contribution in [1.82, 2.24) is 0 Å². The van der Waals surface area contributed by atoms with Crippen LogP contribution in [0, 0.1) is 0 Å². The molecule has 0 amide bonds. The van der Waals surface area contributed by atoms with Gasteiger partial charge in [0.1, 0.15) is 0 Å². The van der Waals surface area contributed by atoms with Gasteiger partial charge in [0.2, 0.25) is 0 Å². The summed E-state index contributed by atoms with van der Waals surface area (Å²) in [4.78, 5) is 0.979. The van der Waals surface area contributed by atoms with Crippen molar-refractivity contribution in [2.45, 2.75) is 6.02 Å². The molecule has 0 aliphatic carbocycles. The Morgan fingerprint density at radius 1 is 0.842 bits per heavy atom. The minimum atomic E-state index is -0.962. The van der Waals surface area contributed by atoms with Crippen LogP contribution in [0.25, 0.3) is 0 Å². The van der Waals surface area contributed by atoms with Gasteiger partial charge in [-0.05, 0) is 29.1 Å². The number of para-hydroxylation sites is 1. The van der Waals surface area contributed by atoms with E-state index in [1.807, 2.05) is 78.2 Å². The van der Waals surface area contributed by atoms with Crippen LogP contribution in [0.5, 0.6) is 0 Å². The SMILES string of the molecule is [2H]C(Nc1ccccc1)(c1ccccc1)c1cccs1. The van der Waals surface area contributed by atoms with Crippen molar-refractivity contribution < 1.29 is 1.37 Å². The summed E-state index contributed by atoms with van der Waals surface area (Å²) >= 11 is 1.59. The lowest BCUT2D eigenvalue weighted by Crippen LogP contribution is -2.10. The summed E-state index contributed by atoms with van der Waals surface area (Å²) in [5, 5.41) is 5.36. The lowest BCUT2D eigenvalue weighted by atomic mass is 10.1. The Morgan fingerprint density at radius 3 is 2.16 bits per heavy atom. The first-order chi connectivity index (χ1) is 9.79. The standard InChI is InChI=1S/C17H15NS/c1-3-8-14(9-4-1)17(16-12-7-13-19-16)18-15-10-5-2-6-11-15/h1-13,17-18H/i17D. The van der Waals surface area contributed by atoms with Crippen LogP contribution < -0.4 is 5.32 Å². The first-order valence-electron chi connectivity index (χ1n) is 6.72. The van der Waals surface area contributed by atoms with Crippen molar-refractivity contribution in [2.75, 3.05) is 5.32 Å². The number of hydrogen-bond acceptors (Lipinski definition) is 2. The molecule has 3 rings (SSSR count). The molecule has 1 N–H and O–H groups in total. The molecule has 0 bridgehead atoms. The molecular formula is C17H15NS. The molecule has 2 aromatic carbocycles. The van der Waals surface area contributed by atoms with Gasteiger partial charge in [-0.15, -0.1) is 11.3 Å². The predicted molar refractivity (Wildman–Crippen MR) is 82.7 cm³/mol. The van der Waals surface area contributed by atoms with Gasteiger partial charge >= 0.3 is 0 Å². The normalized spacial score (nSPS) is 14.4. The van der Waals surface area contributed by atoms with Crippen LogP contribution in [0.2, 0.25) is 0 Å². The Balaban J connectivity index is 2.05. The average molecular weight is 266 g/mol. The zero-order chi connectivity index (χ0) is 13.8. The molecule has 1 heterocycles. The number of benzene rings is 2. The fourth-order valence-corrected chi connectivity index (χ4v) is 2.72. The molecule has 2 heteroatoms. The van der Waals surface area contributed by atoms with E-state index in [0.29, 0.717) is 0 Å². The molecule has 0 aliphatic rings. The maximum atomic E-state index is 8.96. The second-order valence-corrected chi connectivity index (χ2v) is 5.16. The molecule has 19 heavy (non-hydrogen) atoms. The molecule has 0 radical (unpaired) electrons. The van der Waals surface area contributed by atoms with E-state index < -0.39 is 6.02 Å². The molecule has 1 nitrogen and oxygen atoms in total. The van der Waals surface area contributed by atoms with Gasteiger partial charge in [-0.1, -0.05) is 54.6 Å². The lowest BCUT2D eigenvalue weighted by molar-refractivity contribution is 0.965. The summed E-state index contributed by atoms with van der Waals surface area (Å²) < 4.78 is 8.96. The van der Waals surface area contributed by atoms with E-state index in [1.54, 1.807) is 11.3 Å². The minimum Gasteiger partial charge on any atom is -0.373 e. The Morgan fingerprint density at radius 2 is 1.53 bits per heavy atom. The number of thiophene rings is 1. The summed E-state index contributed by atoms with van der Waals surface area (Å²) in [6, 6.07) is 22.8. The van der Waals surface area contributed by atoms with Gasteiger partial charge < -0.3 is 5.32 Å². The van der Waals surface area contributed by atoms with Gasteiger partial charge in [-0.3, -0.25) is 0 Å². The van der Waals surface area contributed by atoms with Crippen molar-refractivity contribution in [3.8, 4) is 0 Å². The van der Waals surface area contributed by atoms with Gasteiger partial charge in [-0.25, -0.2) is 0 Å². The maximum Gasteiger partial charge on any atom is 0.0860 e. The summed E-state index contributed by atoms with van der Waals surface area (Å²) in [7, 11) is 0. The van der Waals surface area contributed by atoms with Crippen molar-refractivity contribution >= 4 is 17.0 Å². The summed E-state index contributed by atoms with van der Waals surface area (Å²) in [5.74, 6) is 0. The third-order valence-electron chi connectivity index (χ3n) is 2.87. The van der Waals surface area contributed by atoms with Gasteiger partial charge in [0, 0.05) is 10.6 Å². The number of nitrogens with one attached hydrogen (secondary N) is 1. The summed E-state index contributed by atoms with van der Waals surface area (Å²) in [5.41, 5.74) is 1.88. The Kier molecular flexibility index (Phi) is 3.26. The average Bonchev–Trinajstić information content (AvgIpc) is 3.04. The molecule has 3 aromatic rings. The van der Waals surface area contributed by atoms with Crippen LogP contribution in [0.3, 0.4) is 0 Å². The van der Waals surface area contributed by atoms with Gasteiger partial charge in [0.05, 0.1) is 7.39 Å². The van der Waals surface area contributed by atoms with E-state index in [9.17, 15) is 0 Å². The van der Waals surface area contributed by atoms with Crippen molar-refractivity contribution in [1.29, 1.82) is 0 Å². The summed E-state index contributed by atoms with van der Waals surface area (Å²) in [6.07, 6.45) is 0. The Labute approximate surface area is 119 Å². The predicted octanol–water partition coefficient (Wildman–Crippen LogP) is 4.95. The lowest BCUT2D eigenvalue weighted by Gasteiger charge is -2.19. The Hall–Kier alpha value is -2.06. The minimum absolute atomic E-state index is 0.936. The fourth-order valence-electron chi connectivity index (χ4n) is 1.97. The van der Waals surface area contributed by atoms with Crippen molar-refractivity contribution in [2.24, 2.45) is 0 Å². The molecule has 0 aliphatic heterocycles. The number of hydrogen-bond donors (Lipinski definition) is 1. The van der Waals surface area contributed by atoms with Crippen LogP contribution in [0.4, 0.5) is 5.69 Å². The van der Waals surface area contributed by atoms with Gasteiger partial charge in [-0.2, -0.15) is 0 Å². The van der Waals surface area contributed by atoms with Crippen LogP contribution in [-0.4, -0.2) is 0 Å². The van der Waals surface area contributed by atoms with E-state index in [0.717, 1.165) is 16.1 Å². The fraction of sp³-hybridized carbons (Fsp3) is 0.0588. The number of rotatable bonds is 4. The molecule has 0 saturated carbocycles. The highest BCUT2D eigenvalue weighted by Crippen LogP contribution is 2.29. The molecule has 1 unspecified atom stereocenters. The van der Waals surface area contributed by atoms with Gasteiger partial charge in [0.15, 0.2) is 0 Å². The highest BCUT2D eigenvalue weighted by atomic mass is 32.1. The van der Waals surface area contributed by atoms with Crippen molar-refractivity contribution in [3.63, 3.8) is 0 Å². The van der Waals surface area contributed by atoms with E-state index in [1.165, 1.54) is 0 Å². The third kappa shape index (κ3) is 2.85. The van der Waals surface area contributed by atoms with Gasteiger partial charge in [0.25, 0.3) is 0 Å². The van der Waals surface area contributed by atoms with Crippen LogP contribution in [-0.2, 0) is 0 Å². The van der Waals surface area contributed by atoms with E-state index >= 15 is 0 Å². The van der Waals surface area contributed by atoms with Crippen LogP contribution in [0.15, 0.2) is 78.2 Å². The van der Waals surface area contributed by atoms with E-state index in [-0.39, 0.29) is 0 Å². The second-order valence-electron chi connectivity index (χ2n) is 4.21. The van der Waals surface area contributed by atoms with Crippen LogP contribution in [0.1, 0.15) is 17.8 Å². The van der Waals surface area contributed by atoms with E-state index in [2.05, 4.69) is 5.32 Å². The molecule has 94 valence electrons. The highest BCUT2D eigenvalue weighted by Gasteiger charge is 2.14. The van der Waals surface area contributed by atoms with Crippen molar-refractivity contribution in [3.05, 3.63) is 88.6 Å². The maximum absolute atomic E-state index is 8.96. The molecule has 0 spiro atoms. The molecule has 1 atom stereocenters.